The highest BCUT2D eigenvalue weighted by atomic mass is 15.2. The van der Waals surface area contributed by atoms with Gasteiger partial charge in [0.2, 0.25) is 0 Å². The number of para-hydroxylation sites is 1. The van der Waals surface area contributed by atoms with Gasteiger partial charge in [-0.3, -0.25) is 0 Å². The number of hydrogen-bond donors (Lipinski definition) is 0. The summed E-state index contributed by atoms with van der Waals surface area (Å²) in [5.74, 6) is 0. The van der Waals surface area contributed by atoms with Crippen LogP contribution in [0.3, 0.4) is 0 Å². The Kier molecular flexibility index (Phi) is 8.94. The van der Waals surface area contributed by atoms with Gasteiger partial charge in [0.15, 0.2) is 0 Å². The lowest BCUT2D eigenvalue weighted by Crippen LogP contribution is -2.30. The summed E-state index contributed by atoms with van der Waals surface area (Å²) in [6, 6.07) is 80.6. The second-order valence-corrected chi connectivity index (χ2v) is 15.9. The zero-order chi connectivity index (χ0) is 39.9. The Bertz CT molecular complexity index is 3080. The molecule has 0 N–H and O–H groups in total. The maximum absolute atomic E-state index is 2.57. The Labute approximate surface area is 352 Å². The molecule has 1 heteroatoms. The van der Waals surface area contributed by atoms with E-state index >= 15 is 0 Å². The molecule has 1 atom stereocenters. The van der Waals surface area contributed by atoms with Crippen molar-refractivity contribution in [3.8, 4) is 44.5 Å². The van der Waals surface area contributed by atoms with Gasteiger partial charge in [0, 0.05) is 16.7 Å². The maximum atomic E-state index is 2.57. The van der Waals surface area contributed by atoms with Crippen molar-refractivity contribution in [2.24, 2.45) is 0 Å². The molecule has 0 radical (unpaired) electrons. The molecule has 284 valence electrons. The Morgan fingerprint density at radius 3 is 1.75 bits per heavy atom. The summed E-state index contributed by atoms with van der Waals surface area (Å²) in [7, 11) is 0. The van der Waals surface area contributed by atoms with Gasteiger partial charge in [-0.2, -0.15) is 0 Å². The predicted octanol–water partition coefficient (Wildman–Crippen LogP) is 15.9. The van der Waals surface area contributed by atoms with Crippen LogP contribution in [0.1, 0.15) is 29.5 Å². The van der Waals surface area contributed by atoms with Crippen molar-refractivity contribution < 1.29 is 0 Å². The van der Waals surface area contributed by atoms with E-state index in [-0.39, 0.29) is 0 Å². The third-order valence-electron chi connectivity index (χ3n) is 12.6. The minimum atomic E-state index is -0.453. The predicted molar refractivity (Wildman–Crippen MR) is 253 cm³/mol. The first kappa shape index (κ1) is 35.7. The molecule has 9 aromatic rings. The molecule has 0 amide bonds. The van der Waals surface area contributed by atoms with Crippen LogP contribution in [0.2, 0.25) is 0 Å². The van der Waals surface area contributed by atoms with Crippen LogP contribution in [-0.4, -0.2) is 0 Å². The lowest BCUT2D eigenvalue weighted by atomic mass is 9.65. The number of anilines is 3. The van der Waals surface area contributed by atoms with Gasteiger partial charge in [-0.1, -0.05) is 224 Å². The molecule has 11 rings (SSSR count). The Hall–Kier alpha value is -7.48. The summed E-state index contributed by atoms with van der Waals surface area (Å²) in [5, 5.41) is 2.48. The van der Waals surface area contributed by atoms with Crippen LogP contribution in [0, 0.1) is 0 Å². The Balaban J connectivity index is 1.27. The molecule has 0 fully saturated rings. The van der Waals surface area contributed by atoms with Crippen molar-refractivity contribution in [2.75, 3.05) is 4.90 Å². The van der Waals surface area contributed by atoms with Gasteiger partial charge < -0.3 is 4.90 Å². The van der Waals surface area contributed by atoms with Gasteiger partial charge in [0.1, 0.15) is 0 Å². The van der Waals surface area contributed by atoms with Crippen molar-refractivity contribution in [1.29, 1.82) is 0 Å². The average molecular weight is 766 g/mol. The van der Waals surface area contributed by atoms with Crippen molar-refractivity contribution in [3.63, 3.8) is 0 Å². The van der Waals surface area contributed by atoms with Gasteiger partial charge in [0.25, 0.3) is 0 Å². The summed E-state index contributed by atoms with van der Waals surface area (Å²) < 4.78 is 0. The molecule has 0 heterocycles. The molecule has 1 nitrogen and oxygen atoms in total. The van der Waals surface area contributed by atoms with E-state index < -0.39 is 5.41 Å². The molecule has 0 saturated carbocycles. The maximum Gasteiger partial charge on any atom is 0.0677 e. The summed E-state index contributed by atoms with van der Waals surface area (Å²) in [5.41, 5.74) is 18.0. The van der Waals surface area contributed by atoms with Crippen LogP contribution in [0.15, 0.2) is 242 Å². The molecular weight excluding hydrogens is 723 g/mol. The topological polar surface area (TPSA) is 3.24 Å². The number of benzene rings is 9. The van der Waals surface area contributed by atoms with E-state index in [0.717, 1.165) is 29.9 Å². The van der Waals surface area contributed by atoms with Crippen molar-refractivity contribution in [1.82, 2.24) is 0 Å². The van der Waals surface area contributed by atoms with E-state index in [0.29, 0.717) is 0 Å². The molecule has 1 unspecified atom stereocenters. The normalized spacial score (nSPS) is 15.3. The molecule has 2 aliphatic rings. The number of fused-ring (bicyclic) bond motifs is 4. The molecule has 2 aliphatic carbocycles. The van der Waals surface area contributed by atoms with Crippen molar-refractivity contribution in [2.45, 2.75) is 18.3 Å². The molecular formula is C59H43N. The number of allylic oxidation sites excluding steroid dienone is 4. The van der Waals surface area contributed by atoms with Crippen LogP contribution >= 0.6 is 0 Å². The SMILES string of the molecule is C1=CCCC(C2(c3ccccc3)c3ccccc3-c3c(N(c4ccccc4-c4ccccc4)c4cc(-c5cccc6ccccc56)ccc4-c4ccccc4)cccc32)=C1. The summed E-state index contributed by atoms with van der Waals surface area (Å²) in [4.78, 5) is 2.57. The zero-order valence-electron chi connectivity index (χ0n) is 33.4. The highest BCUT2D eigenvalue weighted by molar-refractivity contribution is 6.04. The van der Waals surface area contributed by atoms with Gasteiger partial charge in [-0.25, -0.2) is 0 Å². The number of rotatable bonds is 8. The molecule has 60 heavy (non-hydrogen) atoms. The summed E-state index contributed by atoms with van der Waals surface area (Å²) >= 11 is 0. The highest BCUT2D eigenvalue weighted by Crippen LogP contribution is 2.61. The third kappa shape index (κ3) is 5.77. The molecule has 0 spiro atoms. The van der Waals surface area contributed by atoms with Gasteiger partial charge >= 0.3 is 0 Å². The quantitative estimate of drug-likeness (QED) is 0.149. The smallest absolute Gasteiger partial charge is 0.0677 e. The fourth-order valence-corrected chi connectivity index (χ4v) is 10.1. The fraction of sp³-hybridized carbons (Fsp3) is 0.0508. The van der Waals surface area contributed by atoms with Gasteiger partial charge in [-0.05, 0) is 86.3 Å². The molecule has 0 aliphatic heterocycles. The average Bonchev–Trinajstić information content (AvgIpc) is 3.64. The number of hydrogen-bond acceptors (Lipinski definition) is 1. The first-order valence-electron chi connectivity index (χ1n) is 21.1. The van der Waals surface area contributed by atoms with Gasteiger partial charge in [-0.15, -0.1) is 0 Å². The van der Waals surface area contributed by atoms with E-state index in [1.165, 1.54) is 77.5 Å². The first-order chi connectivity index (χ1) is 29.8. The minimum absolute atomic E-state index is 0.453. The van der Waals surface area contributed by atoms with Crippen LogP contribution in [0.4, 0.5) is 17.1 Å². The summed E-state index contributed by atoms with van der Waals surface area (Å²) in [6.45, 7) is 0. The fourth-order valence-electron chi connectivity index (χ4n) is 10.1. The van der Waals surface area contributed by atoms with Crippen LogP contribution in [-0.2, 0) is 5.41 Å². The Morgan fingerprint density at radius 2 is 0.983 bits per heavy atom. The summed E-state index contributed by atoms with van der Waals surface area (Å²) in [6.07, 6.45) is 8.97. The molecule has 0 saturated heterocycles. The third-order valence-corrected chi connectivity index (χ3v) is 12.6. The van der Waals surface area contributed by atoms with E-state index in [1.807, 2.05) is 0 Å². The van der Waals surface area contributed by atoms with Gasteiger partial charge in [0.05, 0.1) is 22.5 Å². The largest absolute Gasteiger partial charge is 0.309 e. The second kappa shape index (κ2) is 15.0. The van der Waals surface area contributed by atoms with Crippen molar-refractivity contribution >= 4 is 27.8 Å². The van der Waals surface area contributed by atoms with E-state index in [9.17, 15) is 0 Å². The number of nitrogens with zero attached hydrogens (tertiary/aromatic N) is 1. The van der Waals surface area contributed by atoms with Crippen LogP contribution in [0.5, 0.6) is 0 Å². The lowest BCUT2D eigenvalue weighted by molar-refractivity contribution is 0.693. The molecule has 0 bridgehead atoms. The molecule has 0 aromatic heterocycles. The highest BCUT2D eigenvalue weighted by Gasteiger charge is 2.48. The van der Waals surface area contributed by atoms with Crippen LogP contribution < -0.4 is 4.90 Å². The van der Waals surface area contributed by atoms with Crippen molar-refractivity contribution in [3.05, 3.63) is 259 Å². The van der Waals surface area contributed by atoms with E-state index in [1.54, 1.807) is 0 Å². The second-order valence-electron chi connectivity index (χ2n) is 15.9. The van der Waals surface area contributed by atoms with E-state index in [4.69, 9.17) is 0 Å². The molecule has 9 aromatic carbocycles. The first-order valence-corrected chi connectivity index (χ1v) is 21.1. The lowest BCUT2D eigenvalue weighted by Gasteiger charge is -2.37. The standard InChI is InChI=1S/C59H43N/c1-5-21-43(22-6-1)50-32-16-18-37-55(50)60(57-41-45(39-40-51(57)44-23-7-2-8-24-44)49-34-19-26-42-25-13-14-31-48(42)49)56-38-20-36-54-58(56)52-33-15-17-35-53(52)59(54,46-27-9-3-10-28-46)47-29-11-4-12-30-47/h1-11,13-29,31-41H,12,30H2. The van der Waals surface area contributed by atoms with E-state index in [2.05, 4.69) is 242 Å². The zero-order valence-corrected chi connectivity index (χ0v) is 33.4. The minimum Gasteiger partial charge on any atom is -0.309 e. The monoisotopic (exact) mass is 765 g/mol. The Morgan fingerprint density at radius 1 is 0.400 bits per heavy atom. The van der Waals surface area contributed by atoms with Crippen LogP contribution in [0.25, 0.3) is 55.3 Å².